The van der Waals surface area contributed by atoms with Gasteiger partial charge in [-0.25, -0.2) is 0 Å². The van der Waals surface area contributed by atoms with Crippen LogP contribution >= 0.6 is 0 Å². The van der Waals surface area contributed by atoms with Crippen molar-refractivity contribution >= 4 is 5.91 Å². The normalized spacial score (nSPS) is 15.1. The summed E-state index contributed by atoms with van der Waals surface area (Å²) in [5, 5.41) is 0. The lowest BCUT2D eigenvalue weighted by Gasteiger charge is -2.38. The minimum atomic E-state index is -4.73. The molecule has 33 heavy (non-hydrogen) atoms. The largest absolute Gasteiger partial charge is 0.475 e. The molecule has 1 aromatic heterocycles. The van der Waals surface area contributed by atoms with Gasteiger partial charge in [0.05, 0.1) is 23.6 Å². The minimum absolute atomic E-state index is 0.0522. The van der Waals surface area contributed by atoms with E-state index in [9.17, 15) is 22.4 Å². The molecule has 0 unspecified atom stereocenters. The molecule has 0 radical (unpaired) electrons. The number of aryl methyl sites for hydroxylation is 1. The van der Waals surface area contributed by atoms with Crippen molar-refractivity contribution < 1.29 is 27.1 Å². The minimum Gasteiger partial charge on any atom is -0.475 e. The van der Waals surface area contributed by atoms with Crippen molar-refractivity contribution in [2.24, 2.45) is 5.92 Å². The third-order valence-corrected chi connectivity index (χ3v) is 5.48. The fraction of sp³-hybridized carbons (Fsp3) is 0.292. The van der Waals surface area contributed by atoms with E-state index >= 15 is 0 Å². The van der Waals surface area contributed by atoms with E-state index in [2.05, 4.69) is 9.97 Å². The number of rotatable bonds is 6. The van der Waals surface area contributed by atoms with E-state index < -0.39 is 24.9 Å². The number of likely N-dealkylation sites (tertiary alicyclic amines) is 1. The Morgan fingerprint density at radius 2 is 1.79 bits per heavy atom. The van der Waals surface area contributed by atoms with Gasteiger partial charge in [0.25, 0.3) is 5.91 Å². The molecule has 1 amide bonds. The van der Waals surface area contributed by atoms with Gasteiger partial charge in [-0.15, -0.1) is 0 Å². The Morgan fingerprint density at radius 1 is 1.09 bits per heavy atom. The summed E-state index contributed by atoms with van der Waals surface area (Å²) in [6.07, 6.45) is -4.08. The van der Waals surface area contributed by atoms with Crippen molar-refractivity contribution in [3.05, 3.63) is 77.7 Å². The van der Waals surface area contributed by atoms with Crippen molar-refractivity contribution in [1.29, 1.82) is 0 Å². The van der Waals surface area contributed by atoms with Gasteiger partial charge in [-0.1, -0.05) is 42.5 Å². The average molecular weight is 459 g/mol. The van der Waals surface area contributed by atoms with Gasteiger partial charge in [0.1, 0.15) is 5.75 Å². The summed E-state index contributed by atoms with van der Waals surface area (Å²) in [7, 11) is 0. The Hall–Kier alpha value is -3.49. The third-order valence-electron chi connectivity index (χ3n) is 5.48. The van der Waals surface area contributed by atoms with Crippen LogP contribution in [-0.2, 0) is 0 Å². The zero-order valence-corrected chi connectivity index (χ0v) is 17.7. The molecule has 2 heterocycles. The van der Waals surface area contributed by atoms with Crippen molar-refractivity contribution in [2.75, 3.05) is 19.8 Å². The molecular formula is C24H21F4N3O2. The molecular weight excluding hydrogens is 438 g/mol. The summed E-state index contributed by atoms with van der Waals surface area (Å²) < 4.78 is 60.3. The standard InChI is InChI=1S/C24H21F4N3O2/c1-15-21(30-11-10-29-15)18-8-5-9-19(20(18)23(32)31-13-16(12-25)14-31)33-22(24(26,27)28)17-6-3-2-4-7-17/h2-11,16,22H,12-14H2,1H3/t22-/m0/s1. The second-order valence-electron chi connectivity index (χ2n) is 7.85. The fourth-order valence-electron chi connectivity index (χ4n) is 3.79. The molecule has 0 aliphatic carbocycles. The van der Waals surface area contributed by atoms with Crippen LogP contribution in [0.1, 0.15) is 27.7 Å². The van der Waals surface area contributed by atoms with Crippen LogP contribution in [0.25, 0.3) is 11.3 Å². The van der Waals surface area contributed by atoms with Crippen molar-refractivity contribution in [1.82, 2.24) is 14.9 Å². The maximum Gasteiger partial charge on any atom is 0.429 e. The summed E-state index contributed by atoms with van der Waals surface area (Å²) in [4.78, 5) is 23.2. The molecule has 2 aromatic carbocycles. The number of benzene rings is 2. The summed E-state index contributed by atoms with van der Waals surface area (Å²) in [6, 6.07) is 11.6. The van der Waals surface area contributed by atoms with Crippen LogP contribution < -0.4 is 4.74 Å². The van der Waals surface area contributed by atoms with Gasteiger partial charge in [0.2, 0.25) is 6.10 Å². The number of ether oxygens (including phenoxy) is 1. The number of amides is 1. The summed E-state index contributed by atoms with van der Waals surface area (Å²) in [5.41, 5.74) is 1.02. The van der Waals surface area contributed by atoms with E-state index in [-0.39, 0.29) is 35.9 Å². The molecule has 9 heteroatoms. The second-order valence-corrected chi connectivity index (χ2v) is 7.85. The van der Waals surface area contributed by atoms with Gasteiger partial charge in [-0.2, -0.15) is 13.2 Å². The lowest BCUT2D eigenvalue weighted by atomic mass is 9.96. The summed E-state index contributed by atoms with van der Waals surface area (Å²) >= 11 is 0. The first-order valence-corrected chi connectivity index (χ1v) is 10.3. The molecule has 4 rings (SSSR count). The fourth-order valence-corrected chi connectivity index (χ4v) is 3.79. The number of nitrogens with zero attached hydrogens (tertiary/aromatic N) is 3. The molecule has 0 bridgehead atoms. The molecule has 1 aliphatic rings. The number of carbonyl (C=O) groups excluding carboxylic acids is 1. The van der Waals surface area contributed by atoms with Crippen LogP contribution in [-0.4, -0.2) is 46.7 Å². The first-order chi connectivity index (χ1) is 15.8. The lowest BCUT2D eigenvalue weighted by molar-refractivity contribution is -0.198. The third kappa shape index (κ3) is 4.67. The maximum atomic E-state index is 14.0. The average Bonchev–Trinajstić information content (AvgIpc) is 2.76. The number of carbonyl (C=O) groups is 1. The van der Waals surface area contributed by atoms with E-state index in [1.165, 1.54) is 53.7 Å². The molecule has 5 nitrogen and oxygen atoms in total. The molecule has 0 N–H and O–H groups in total. The van der Waals surface area contributed by atoms with Gasteiger partial charge < -0.3 is 9.64 Å². The van der Waals surface area contributed by atoms with Crippen LogP contribution in [0.3, 0.4) is 0 Å². The van der Waals surface area contributed by atoms with Gasteiger partial charge in [-0.05, 0) is 13.0 Å². The van der Waals surface area contributed by atoms with Crippen molar-refractivity contribution in [3.63, 3.8) is 0 Å². The summed E-state index contributed by atoms with van der Waals surface area (Å²) in [5.74, 6) is -1.04. The van der Waals surface area contributed by atoms with Crippen LogP contribution in [0, 0.1) is 12.8 Å². The molecule has 1 atom stereocenters. The highest BCUT2D eigenvalue weighted by atomic mass is 19.4. The summed E-state index contributed by atoms with van der Waals surface area (Å²) in [6.45, 7) is 1.49. The number of hydrogen-bond acceptors (Lipinski definition) is 4. The molecule has 3 aromatic rings. The topological polar surface area (TPSA) is 55.3 Å². The van der Waals surface area contributed by atoms with Crippen LogP contribution in [0.5, 0.6) is 5.75 Å². The Labute approximate surface area is 188 Å². The van der Waals surface area contributed by atoms with E-state index in [0.29, 0.717) is 17.0 Å². The van der Waals surface area contributed by atoms with Crippen molar-refractivity contribution in [2.45, 2.75) is 19.2 Å². The Balaban J connectivity index is 1.81. The smallest absolute Gasteiger partial charge is 0.429 e. The highest BCUT2D eigenvalue weighted by molar-refractivity contribution is 6.03. The second kappa shape index (κ2) is 9.17. The number of alkyl halides is 4. The SMILES string of the molecule is Cc1nccnc1-c1cccc(O[C@@H](c2ccccc2)C(F)(F)F)c1C(=O)N1CC(CF)C1. The zero-order valence-electron chi connectivity index (χ0n) is 17.7. The van der Waals surface area contributed by atoms with Crippen molar-refractivity contribution in [3.8, 4) is 17.0 Å². The van der Waals surface area contributed by atoms with E-state index in [1.807, 2.05) is 0 Å². The van der Waals surface area contributed by atoms with Gasteiger partial charge >= 0.3 is 6.18 Å². The number of aromatic nitrogens is 2. The van der Waals surface area contributed by atoms with Crippen LogP contribution in [0.2, 0.25) is 0 Å². The lowest BCUT2D eigenvalue weighted by Crippen LogP contribution is -2.51. The monoisotopic (exact) mass is 459 g/mol. The molecule has 0 saturated carbocycles. The maximum absolute atomic E-state index is 14.0. The van der Waals surface area contributed by atoms with Crippen LogP contribution in [0.15, 0.2) is 60.9 Å². The molecule has 1 saturated heterocycles. The number of halogens is 4. The molecule has 1 aliphatic heterocycles. The first kappa shape index (κ1) is 22.7. The van der Waals surface area contributed by atoms with Crippen LogP contribution in [0.4, 0.5) is 17.6 Å². The van der Waals surface area contributed by atoms with E-state index in [4.69, 9.17) is 4.74 Å². The highest BCUT2D eigenvalue weighted by Crippen LogP contribution is 2.40. The Morgan fingerprint density at radius 3 is 2.42 bits per heavy atom. The Kier molecular flexibility index (Phi) is 6.31. The quantitative estimate of drug-likeness (QED) is 0.477. The van der Waals surface area contributed by atoms with E-state index in [0.717, 1.165) is 0 Å². The van der Waals surface area contributed by atoms with Gasteiger partial charge in [0.15, 0.2) is 0 Å². The first-order valence-electron chi connectivity index (χ1n) is 10.3. The predicted octanol–water partition coefficient (Wildman–Crippen LogP) is 5.18. The molecule has 172 valence electrons. The van der Waals surface area contributed by atoms with Gasteiger partial charge in [0, 0.05) is 42.5 Å². The predicted molar refractivity (Wildman–Crippen MR) is 113 cm³/mol. The van der Waals surface area contributed by atoms with E-state index in [1.54, 1.807) is 19.1 Å². The Bertz CT molecular complexity index is 1130. The highest BCUT2D eigenvalue weighted by Gasteiger charge is 2.44. The van der Waals surface area contributed by atoms with Gasteiger partial charge in [-0.3, -0.25) is 19.2 Å². The number of hydrogen-bond donors (Lipinski definition) is 0. The molecule has 1 fully saturated rings. The molecule has 0 spiro atoms. The zero-order chi connectivity index (χ0) is 23.6.